The second-order valence-corrected chi connectivity index (χ2v) is 7.27. The molecule has 3 saturated carbocycles. The van der Waals surface area contributed by atoms with Crippen LogP contribution in [0.5, 0.6) is 0 Å². The Morgan fingerprint density at radius 2 is 1.75 bits per heavy atom. The minimum absolute atomic E-state index is 0.0746. The van der Waals surface area contributed by atoms with Gasteiger partial charge in [-0.25, -0.2) is 0 Å². The van der Waals surface area contributed by atoms with E-state index in [0.29, 0.717) is 5.92 Å². The fourth-order valence-corrected chi connectivity index (χ4v) is 3.88. The van der Waals surface area contributed by atoms with E-state index in [-0.39, 0.29) is 3.74 Å². The fraction of sp³-hybridized carbons (Fsp3) is 1.00. The van der Waals surface area contributed by atoms with Gasteiger partial charge in [0.15, 0.2) is 0 Å². The van der Waals surface area contributed by atoms with E-state index < -0.39 is 5.60 Å². The molecule has 0 saturated heterocycles. The molecule has 0 aliphatic heterocycles. The summed E-state index contributed by atoms with van der Waals surface area (Å²) in [6.45, 7) is 0. The number of aliphatic hydroxyl groups is 1. The maximum atomic E-state index is 10.3. The van der Waals surface area contributed by atoms with Crippen LogP contribution in [0.1, 0.15) is 32.1 Å². The molecule has 1 unspecified atom stereocenters. The van der Waals surface area contributed by atoms with Gasteiger partial charge in [0.05, 0.1) is 9.34 Å². The highest BCUT2D eigenvalue weighted by atomic mass is 79.9. The van der Waals surface area contributed by atoms with Gasteiger partial charge in [-0.2, -0.15) is 0 Å². The molecule has 0 radical (unpaired) electrons. The van der Waals surface area contributed by atoms with Crippen LogP contribution >= 0.6 is 31.9 Å². The van der Waals surface area contributed by atoms with Crippen LogP contribution < -0.4 is 0 Å². The second kappa shape index (κ2) is 3.25. The molecule has 0 spiro atoms. The van der Waals surface area contributed by atoms with Crippen molar-refractivity contribution in [2.75, 3.05) is 0 Å². The van der Waals surface area contributed by atoms with Gasteiger partial charge in [-0.05, 0) is 43.9 Å². The number of halogens is 2. The maximum absolute atomic E-state index is 10.3. The van der Waals surface area contributed by atoms with Crippen molar-refractivity contribution in [1.29, 1.82) is 0 Å². The average Bonchev–Trinajstić information content (AvgIpc) is 2.05. The summed E-state index contributed by atoms with van der Waals surface area (Å²) in [5, 5.41) is 10.3. The van der Waals surface area contributed by atoms with Crippen LogP contribution in [0.4, 0.5) is 0 Å². The van der Waals surface area contributed by atoms with Gasteiger partial charge in [0.1, 0.15) is 0 Å². The van der Waals surface area contributed by atoms with Crippen molar-refractivity contribution in [3.05, 3.63) is 0 Å². The monoisotopic (exact) mass is 296 g/mol. The first kappa shape index (κ1) is 9.47. The standard InChI is InChI=1S/C9H14Br2O/c10-8(11)9(12)5-6-1-3-7(9)4-2-6/h6-8,12H,1-5H2. The summed E-state index contributed by atoms with van der Waals surface area (Å²) >= 11 is 6.92. The summed E-state index contributed by atoms with van der Waals surface area (Å²) in [5.74, 6) is 1.30. The summed E-state index contributed by atoms with van der Waals surface area (Å²) in [4.78, 5) is 0. The van der Waals surface area contributed by atoms with Gasteiger partial charge in [-0.15, -0.1) is 0 Å². The summed E-state index contributed by atoms with van der Waals surface area (Å²) in [5.41, 5.74) is -0.471. The first-order valence-electron chi connectivity index (χ1n) is 4.63. The fourth-order valence-electron chi connectivity index (χ4n) is 2.76. The second-order valence-electron chi connectivity index (χ2n) is 4.21. The molecule has 3 heteroatoms. The molecule has 3 fully saturated rings. The number of hydrogen-bond acceptors (Lipinski definition) is 1. The van der Waals surface area contributed by atoms with Crippen LogP contribution in [0.25, 0.3) is 0 Å². The van der Waals surface area contributed by atoms with Crippen LogP contribution in [0.3, 0.4) is 0 Å². The highest BCUT2D eigenvalue weighted by molar-refractivity contribution is 9.24. The molecule has 0 heterocycles. The van der Waals surface area contributed by atoms with E-state index in [9.17, 15) is 5.11 Å². The summed E-state index contributed by atoms with van der Waals surface area (Å²) in [6, 6.07) is 0. The molecule has 12 heavy (non-hydrogen) atoms. The summed E-state index contributed by atoms with van der Waals surface area (Å²) < 4.78 is 0.0746. The van der Waals surface area contributed by atoms with Crippen LogP contribution in [-0.4, -0.2) is 14.4 Å². The van der Waals surface area contributed by atoms with Crippen molar-refractivity contribution in [3.63, 3.8) is 0 Å². The van der Waals surface area contributed by atoms with E-state index in [2.05, 4.69) is 31.9 Å². The zero-order valence-electron chi connectivity index (χ0n) is 6.97. The zero-order chi connectivity index (χ0) is 8.77. The van der Waals surface area contributed by atoms with Crippen molar-refractivity contribution in [1.82, 2.24) is 0 Å². The van der Waals surface area contributed by atoms with E-state index in [1.165, 1.54) is 25.7 Å². The largest absolute Gasteiger partial charge is 0.388 e. The molecule has 1 N–H and O–H groups in total. The Kier molecular flexibility index (Phi) is 2.56. The van der Waals surface area contributed by atoms with Crippen LogP contribution in [0.2, 0.25) is 0 Å². The molecule has 0 aromatic carbocycles. The third-order valence-electron chi connectivity index (χ3n) is 3.55. The van der Waals surface area contributed by atoms with Gasteiger partial charge in [-0.3, -0.25) is 0 Å². The van der Waals surface area contributed by atoms with Crippen molar-refractivity contribution in [2.24, 2.45) is 11.8 Å². The van der Waals surface area contributed by atoms with Gasteiger partial charge in [0.2, 0.25) is 0 Å². The number of fused-ring (bicyclic) bond motifs is 3. The van der Waals surface area contributed by atoms with Crippen molar-refractivity contribution < 1.29 is 5.11 Å². The zero-order valence-corrected chi connectivity index (χ0v) is 10.1. The summed E-state index contributed by atoms with van der Waals surface area (Å²) in [7, 11) is 0. The van der Waals surface area contributed by atoms with Gasteiger partial charge >= 0.3 is 0 Å². The molecule has 0 aromatic heterocycles. The Hall–Kier alpha value is 0.920. The lowest BCUT2D eigenvalue weighted by Crippen LogP contribution is -2.51. The average molecular weight is 298 g/mol. The van der Waals surface area contributed by atoms with Gasteiger partial charge in [-0.1, -0.05) is 31.9 Å². The predicted molar refractivity (Wildman–Crippen MR) is 56.7 cm³/mol. The Morgan fingerprint density at radius 1 is 1.17 bits per heavy atom. The minimum Gasteiger partial charge on any atom is -0.388 e. The van der Waals surface area contributed by atoms with Crippen LogP contribution in [0, 0.1) is 11.8 Å². The molecule has 3 rings (SSSR count). The van der Waals surface area contributed by atoms with Gasteiger partial charge < -0.3 is 5.11 Å². The molecule has 3 aliphatic carbocycles. The molecule has 70 valence electrons. The Morgan fingerprint density at radius 3 is 2.00 bits per heavy atom. The Labute approximate surface area is 90.2 Å². The molecular formula is C9H14Br2O. The topological polar surface area (TPSA) is 20.2 Å². The number of alkyl halides is 2. The van der Waals surface area contributed by atoms with Crippen LogP contribution in [-0.2, 0) is 0 Å². The first-order valence-corrected chi connectivity index (χ1v) is 6.46. The smallest absolute Gasteiger partial charge is 0.0986 e. The van der Waals surface area contributed by atoms with Crippen molar-refractivity contribution in [3.8, 4) is 0 Å². The third kappa shape index (κ3) is 1.38. The lowest BCUT2D eigenvalue weighted by atomic mass is 9.63. The normalized spacial score (nSPS) is 47.0. The first-order chi connectivity index (χ1) is 5.63. The highest BCUT2D eigenvalue weighted by Crippen LogP contribution is 2.51. The van der Waals surface area contributed by atoms with Gasteiger partial charge in [0.25, 0.3) is 0 Å². The SMILES string of the molecule is OC1(C(Br)Br)CC2CCC1CC2. The summed E-state index contributed by atoms with van der Waals surface area (Å²) in [6.07, 6.45) is 6.09. The molecule has 2 bridgehead atoms. The van der Waals surface area contributed by atoms with E-state index in [4.69, 9.17) is 0 Å². The van der Waals surface area contributed by atoms with E-state index >= 15 is 0 Å². The Balaban J connectivity index is 2.17. The van der Waals surface area contributed by atoms with E-state index in [1.807, 2.05) is 0 Å². The molecular weight excluding hydrogens is 284 g/mol. The molecule has 0 amide bonds. The number of rotatable bonds is 1. The van der Waals surface area contributed by atoms with Crippen LogP contribution in [0.15, 0.2) is 0 Å². The van der Waals surface area contributed by atoms with E-state index in [1.54, 1.807) is 0 Å². The predicted octanol–water partition coefficient (Wildman–Crippen LogP) is 3.04. The van der Waals surface area contributed by atoms with Crippen molar-refractivity contribution in [2.45, 2.75) is 41.4 Å². The van der Waals surface area contributed by atoms with Gasteiger partial charge in [0, 0.05) is 0 Å². The molecule has 1 nitrogen and oxygen atoms in total. The number of hydrogen-bond donors (Lipinski definition) is 1. The van der Waals surface area contributed by atoms with Crippen molar-refractivity contribution >= 4 is 31.9 Å². The maximum Gasteiger partial charge on any atom is 0.0986 e. The molecule has 3 aliphatic rings. The quantitative estimate of drug-likeness (QED) is 0.738. The highest BCUT2D eigenvalue weighted by Gasteiger charge is 2.49. The minimum atomic E-state index is -0.471. The lowest BCUT2D eigenvalue weighted by Gasteiger charge is -2.49. The lowest BCUT2D eigenvalue weighted by molar-refractivity contribution is -0.0827. The molecule has 0 aromatic rings. The Bertz CT molecular complexity index is 175. The van der Waals surface area contributed by atoms with E-state index in [0.717, 1.165) is 12.3 Å². The molecule has 1 atom stereocenters. The third-order valence-corrected chi connectivity index (χ3v) is 5.13.